The zero-order chi connectivity index (χ0) is 13.2. The third-order valence-electron chi connectivity index (χ3n) is 3.04. The van der Waals surface area contributed by atoms with E-state index in [2.05, 4.69) is 32.7 Å². The van der Waals surface area contributed by atoms with Crippen LogP contribution in [0.4, 0.5) is 0 Å². The van der Waals surface area contributed by atoms with Gasteiger partial charge in [-0.2, -0.15) is 0 Å². The van der Waals surface area contributed by atoms with E-state index in [1.807, 2.05) is 13.8 Å². The van der Waals surface area contributed by atoms with Crippen molar-refractivity contribution >= 4 is 0 Å². The number of nitrogens with zero attached hydrogens (tertiary/aromatic N) is 2. The highest BCUT2D eigenvalue weighted by atomic mass is 16.1. The molecular formula is C14H24N2O. The van der Waals surface area contributed by atoms with Gasteiger partial charge in [-0.3, -0.25) is 9.36 Å². The van der Waals surface area contributed by atoms with E-state index in [0.29, 0.717) is 5.92 Å². The van der Waals surface area contributed by atoms with Crippen LogP contribution in [0.25, 0.3) is 0 Å². The summed E-state index contributed by atoms with van der Waals surface area (Å²) in [6.07, 6.45) is 4.32. The maximum absolute atomic E-state index is 12.4. The predicted octanol–water partition coefficient (Wildman–Crippen LogP) is 3.15. The molecule has 3 heteroatoms. The lowest BCUT2D eigenvalue weighted by atomic mass is 9.92. The average Bonchev–Trinajstić information content (AvgIpc) is 2.14. The number of rotatable bonds is 4. The molecule has 0 radical (unpaired) electrons. The van der Waals surface area contributed by atoms with Gasteiger partial charge >= 0.3 is 0 Å². The summed E-state index contributed by atoms with van der Waals surface area (Å²) in [4.78, 5) is 16.6. The lowest BCUT2D eigenvalue weighted by Gasteiger charge is -2.29. The molecule has 0 unspecified atom stereocenters. The molecule has 3 nitrogen and oxygen atoms in total. The third kappa shape index (κ3) is 3.18. The Hall–Kier alpha value is -1.12. The second-order valence-electron chi connectivity index (χ2n) is 6.09. The molecule has 0 aliphatic rings. The number of hydrogen-bond acceptors (Lipinski definition) is 2. The molecule has 0 amide bonds. The van der Waals surface area contributed by atoms with Gasteiger partial charge < -0.3 is 0 Å². The van der Waals surface area contributed by atoms with Gasteiger partial charge in [0.2, 0.25) is 0 Å². The van der Waals surface area contributed by atoms with Gasteiger partial charge in [0.25, 0.3) is 5.56 Å². The Morgan fingerprint density at radius 1 is 1.29 bits per heavy atom. The van der Waals surface area contributed by atoms with Crippen molar-refractivity contribution in [2.75, 3.05) is 0 Å². The largest absolute Gasteiger partial charge is 0.293 e. The van der Waals surface area contributed by atoms with Gasteiger partial charge in [0.15, 0.2) is 0 Å². The molecule has 1 aromatic heterocycles. The van der Waals surface area contributed by atoms with Crippen LogP contribution < -0.4 is 5.56 Å². The maximum atomic E-state index is 12.4. The van der Waals surface area contributed by atoms with Gasteiger partial charge in [0.05, 0.1) is 6.33 Å². The first-order chi connectivity index (χ1) is 7.75. The lowest BCUT2D eigenvalue weighted by molar-refractivity contribution is 0.273. The molecule has 1 aromatic rings. The molecule has 0 atom stereocenters. The van der Waals surface area contributed by atoms with E-state index in [-0.39, 0.29) is 17.0 Å². The zero-order valence-electron chi connectivity index (χ0n) is 11.8. The van der Waals surface area contributed by atoms with Crippen LogP contribution >= 0.6 is 0 Å². The first kappa shape index (κ1) is 13.9. The second kappa shape index (κ2) is 5.03. The molecule has 0 saturated heterocycles. The molecule has 0 spiro atoms. The molecule has 96 valence electrons. The SMILES string of the molecule is CC(C)CC(C)(C)n1cncc(C(C)C)c1=O. The lowest BCUT2D eigenvalue weighted by Crippen LogP contribution is -2.39. The minimum atomic E-state index is -0.177. The Labute approximate surface area is 104 Å². The van der Waals surface area contributed by atoms with E-state index in [1.165, 1.54) is 0 Å². The van der Waals surface area contributed by atoms with Gasteiger partial charge in [-0.05, 0) is 32.1 Å². The summed E-state index contributed by atoms with van der Waals surface area (Å²) < 4.78 is 1.78. The van der Waals surface area contributed by atoms with Crippen molar-refractivity contribution in [3.05, 3.63) is 28.4 Å². The van der Waals surface area contributed by atoms with E-state index in [4.69, 9.17) is 0 Å². The van der Waals surface area contributed by atoms with Crippen molar-refractivity contribution in [1.82, 2.24) is 9.55 Å². The van der Waals surface area contributed by atoms with Crippen molar-refractivity contribution in [2.45, 2.75) is 59.4 Å². The smallest absolute Gasteiger partial charge is 0.257 e. The van der Waals surface area contributed by atoms with Crippen LogP contribution in [0.1, 0.15) is 59.4 Å². The molecule has 0 N–H and O–H groups in total. The highest BCUT2D eigenvalue weighted by molar-refractivity contribution is 5.10. The zero-order valence-corrected chi connectivity index (χ0v) is 11.8. The molecule has 0 saturated carbocycles. The highest BCUT2D eigenvalue weighted by Crippen LogP contribution is 2.23. The van der Waals surface area contributed by atoms with Crippen molar-refractivity contribution in [2.24, 2.45) is 5.92 Å². The summed E-state index contributed by atoms with van der Waals surface area (Å²) in [5.41, 5.74) is 0.716. The minimum Gasteiger partial charge on any atom is -0.293 e. The molecule has 0 aliphatic heterocycles. The van der Waals surface area contributed by atoms with Crippen LogP contribution in [0, 0.1) is 5.92 Å². The monoisotopic (exact) mass is 236 g/mol. The van der Waals surface area contributed by atoms with Crippen LogP contribution in [0.3, 0.4) is 0 Å². The Morgan fingerprint density at radius 3 is 2.35 bits per heavy atom. The van der Waals surface area contributed by atoms with Crippen LogP contribution in [-0.2, 0) is 5.54 Å². The highest BCUT2D eigenvalue weighted by Gasteiger charge is 2.24. The Kier molecular flexibility index (Phi) is 4.12. The molecule has 1 rings (SSSR count). The Morgan fingerprint density at radius 2 is 1.88 bits per heavy atom. The van der Waals surface area contributed by atoms with Crippen molar-refractivity contribution in [1.29, 1.82) is 0 Å². The summed E-state index contributed by atoms with van der Waals surface area (Å²) in [6, 6.07) is 0. The molecule has 0 aromatic carbocycles. The van der Waals surface area contributed by atoms with Gasteiger partial charge in [0.1, 0.15) is 0 Å². The average molecular weight is 236 g/mol. The minimum absolute atomic E-state index is 0.0978. The number of hydrogen-bond donors (Lipinski definition) is 0. The summed E-state index contributed by atoms with van der Waals surface area (Å²) in [5.74, 6) is 0.775. The third-order valence-corrected chi connectivity index (χ3v) is 3.04. The van der Waals surface area contributed by atoms with Crippen LogP contribution in [-0.4, -0.2) is 9.55 Å². The van der Waals surface area contributed by atoms with Gasteiger partial charge in [-0.1, -0.05) is 27.7 Å². The quantitative estimate of drug-likeness (QED) is 0.805. The Balaban J connectivity index is 3.23. The molecule has 0 fully saturated rings. The molecule has 0 aliphatic carbocycles. The van der Waals surface area contributed by atoms with E-state index >= 15 is 0 Å². The van der Waals surface area contributed by atoms with Crippen LogP contribution in [0.15, 0.2) is 17.3 Å². The van der Waals surface area contributed by atoms with E-state index in [0.717, 1.165) is 12.0 Å². The fraction of sp³-hybridized carbons (Fsp3) is 0.714. The predicted molar refractivity (Wildman–Crippen MR) is 71.4 cm³/mol. The van der Waals surface area contributed by atoms with E-state index in [9.17, 15) is 4.79 Å². The molecule has 17 heavy (non-hydrogen) atoms. The topological polar surface area (TPSA) is 34.9 Å². The molecule has 0 bridgehead atoms. The summed E-state index contributed by atoms with van der Waals surface area (Å²) in [6.45, 7) is 12.6. The van der Waals surface area contributed by atoms with Gasteiger partial charge in [-0.15, -0.1) is 0 Å². The fourth-order valence-electron chi connectivity index (χ4n) is 2.35. The standard InChI is InChI=1S/C14H24N2O/c1-10(2)7-14(5,6)16-9-15-8-12(11(3)4)13(16)17/h8-11H,7H2,1-6H3. The summed E-state index contributed by atoms with van der Waals surface area (Å²) in [7, 11) is 0. The molecule has 1 heterocycles. The first-order valence-electron chi connectivity index (χ1n) is 6.32. The summed E-state index contributed by atoms with van der Waals surface area (Å²) in [5, 5.41) is 0. The second-order valence-corrected chi connectivity index (χ2v) is 6.09. The molecular weight excluding hydrogens is 212 g/mol. The van der Waals surface area contributed by atoms with Crippen LogP contribution in [0.2, 0.25) is 0 Å². The first-order valence-corrected chi connectivity index (χ1v) is 6.32. The van der Waals surface area contributed by atoms with Gasteiger partial charge in [-0.25, -0.2) is 4.98 Å². The Bertz CT molecular complexity index is 430. The fourth-order valence-corrected chi connectivity index (χ4v) is 2.35. The van der Waals surface area contributed by atoms with E-state index in [1.54, 1.807) is 17.1 Å². The van der Waals surface area contributed by atoms with Crippen molar-refractivity contribution in [3.8, 4) is 0 Å². The van der Waals surface area contributed by atoms with Gasteiger partial charge in [0, 0.05) is 17.3 Å². The summed E-state index contributed by atoms with van der Waals surface area (Å²) >= 11 is 0. The van der Waals surface area contributed by atoms with Crippen molar-refractivity contribution < 1.29 is 0 Å². The van der Waals surface area contributed by atoms with Crippen molar-refractivity contribution in [3.63, 3.8) is 0 Å². The number of aromatic nitrogens is 2. The van der Waals surface area contributed by atoms with E-state index < -0.39 is 0 Å². The van der Waals surface area contributed by atoms with Crippen LogP contribution in [0.5, 0.6) is 0 Å². The normalized spacial score (nSPS) is 12.5. The maximum Gasteiger partial charge on any atom is 0.257 e.